The van der Waals surface area contributed by atoms with Gasteiger partial charge in [0.15, 0.2) is 11.5 Å². The van der Waals surface area contributed by atoms with Gasteiger partial charge in [0, 0.05) is 24.7 Å². The van der Waals surface area contributed by atoms with E-state index in [1.54, 1.807) is 14.2 Å². The molecule has 0 unspecified atom stereocenters. The largest absolute Gasteiger partial charge is 0.493 e. The summed E-state index contributed by atoms with van der Waals surface area (Å²) in [6.07, 6.45) is 5.71. The average molecular weight is 391 g/mol. The summed E-state index contributed by atoms with van der Waals surface area (Å²) in [5.74, 6) is 2.29. The summed E-state index contributed by atoms with van der Waals surface area (Å²) < 4.78 is 12.8. The zero-order valence-electron chi connectivity index (χ0n) is 16.8. The molecule has 150 valence electrons. The van der Waals surface area contributed by atoms with Crippen molar-refractivity contribution < 1.29 is 14.3 Å². The molecule has 0 radical (unpaired) electrons. The van der Waals surface area contributed by atoms with E-state index in [9.17, 15) is 4.79 Å². The topological polar surface area (TPSA) is 65.4 Å². The number of rotatable bonds is 6. The maximum Gasteiger partial charge on any atom is 0.228 e. The number of aromatic nitrogens is 2. The minimum absolute atomic E-state index is 0.0892. The lowest BCUT2D eigenvalue weighted by Crippen LogP contribution is -2.15. The Morgan fingerprint density at radius 2 is 1.93 bits per heavy atom. The van der Waals surface area contributed by atoms with Crippen molar-refractivity contribution in [2.75, 3.05) is 19.5 Å². The van der Waals surface area contributed by atoms with Gasteiger partial charge in [0.1, 0.15) is 5.82 Å². The van der Waals surface area contributed by atoms with E-state index < -0.39 is 0 Å². The Morgan fingerprint density at radius 3 is 2.72 bits per heavy atom. The second-order valence-corrected chi connectivity index (χ2v) is 7.15. The van der Waals surface area contributed by atoms with E-state index in [4.69, 9.17) is 14.5 Å². The van der Waals surface area contributed by atoms with Gasteiger partial charge in [0.05, 0.1) is 32.0 Å². The highest BCUT2D eigenvalue weighted by Crippen LogP contribution is 2.30. The van der Waals surface area contributed by atoms with Crippen LogP contribution in [0, 0.1) is 0 Å². The Bertz CT molecular complexity index is 1000. The lowest BCUT2D eigenvalue weighted by Gasteiger charge is -2.12. The molecule has 0 bridgehead atoms. The number of hydrogen-bond donors (Lipinski definition) is 1. The second-order valence-electron chi connectivity index (χ2n) is 7.15. The molecular formula is C23H25N3O3. The van der Waals surface area contributed by atoms with Crippen LogP contribution in [0.15, 0.2) is 48.7 Å². The Morgan fingerprint density at radius 1 is 1.10 bits per heavy atom. The Labute approximate surface area is 170 Å². The van der Waals surface area contributed by atoms with Gasteiger partial charge < -0.3 is 19.4 Å². The van der Waals surface area contributed by atoms with Crippen molar-refractivity contribution in [2.24, 2.45) is 0 Å². The van der Waals surface area contributed by atoms with Gasteiger partial charge in [-0.15, -0.1) is 0 Å². The van der Waals surface area contributed by atoms with Crippen molar-refractivity contribution >= 4 is 11.6 Å². The third-order valence-electron chi connectivity index (χ3n) is 5.20. The number of para-hydroxylation sites is 1. The molecule has 2 aromatic carbocycles. The van der Waals surface area contributed by atoms with E-state index in [2.05, 4.69) is 16.1 Å². The van der Waals surface area contributed by atoms with Gasteiger partial charge in [0.25, 0.3) is 0 Å². The van der Waals surface area contributed by atoms with Crippen LogP contribution in [0.1, 0.15) is 24.2 Å². The molecule has 3 aromatic rings. The molecule has 0 aliphatic carbocycles. The van der Waals surface area contributed by atoms with Crippen LogP contribution in [0.25, 0.3) is 11.3 Å². The highest BCUT2D eigenvalue weighted by Gasteiger charge is 2.16. The van der Waals surface area contributed by atoms with Crippen LogP contribution in [-0.2, 0) is 24.2 Å². The summed E-state index contributed by atoms with van der Waals surface area (Å²) in [5.41, 5.74) is 3.47. The number of methoxy groups -OCH3 is 2. The molecule has 29 heavy (non-hydrogen) atoms. The molecule has 6 heteroatoms. The molecule has 1 aliphatic rings. The number of ether oxygens (including phenoxy) is 2. The summed E-state index contributed by atoms with van der Waals surface area (Å²) in [7, 11) is 3.18. The summed E-state index contributed by atoms with van der Waals surface area (Å²) in [6, 6.07) is 13.3. The van der Waals surface area contributed by atoms with E-state index in [0.717, 1.165) is 41.3 Å². The number of nitrogens with zero attached hydrogens (tertiary/aromatic N) is 2. The molecule has 6 nitrogen and oxygen atoms in total. The third-order valence-corrected chi connectivity index (χ3v) is 5.20. The van der Waals surface area contributed by atoms with Gasteiger partial charge in [-0.3, -0.25) is 4.79 Å². The van der Waals surface area contributed by atoms with Crippen molar-refractivity contribution in [2.45, 2.75) is 32.2 Å². The highest BCUT2D eigenvalue weighted by atomic mass is 16.5. The number of carbonyl (C=O) groups excluding carboxylic acids is 1. The minimum atomic E-state index is -0.0892. The van der Waals surface area contributed by atoms with Gasteiger partial charge >= 0.3 is 0 Å². The van der Waals surface area contributed by atoms with Gasteiger partial charge in [0.2, 0.25) is 5.91 Å². The Kier molecular flexibility index (Phi) is 5.51. The van der Waals surface area contributed by atoms with Crippen LogP contribution in [0.5, 0.6) is 11.5 Å². The van der Waals surface area contributed by atoms with E-state index in [0.29, 0.717) is 11.5 Å². The molecule has 0 spiro atoms. The monoisotopic (exact) mass is 391 g/mol. The maximum atomic E-state index is 12.7. The summed E-state index contributed by atoms with van der Waals surface area (Å²) in [4.78, 5) is 17.5. The first-order valence-corrected chi connectivity index (χ1v) is 9.84. The number of amides is 1. The quantitative estimate of drug-likeness (QED) is 0.687. The molecule has 2 heterocycles. The SMILES string of the molecule is COc1ccc(CC(=O)Nc2ccccc2-c2cn3c(n2)CCCC3)cc1OC. The zero-order chi connectivity index (χ0) is 20.2. The van der Waals surface area contributed by atoms with Crippen LogP contribution in [0.2, 0.25) is 0 Å². The van der Waals surface area contributed by atoms with Gasteiger partial charge in [-0.2, -0.15) is 0 Å². The molecule has 1 amide bonds. The number of fused-ring (bicyclic) bond motifs is 1. The fraction of sp³-hybridized carbons (Fsp3) is 0.304. The Balaban J connectivity index is 1.53. The molecule has 1 aliphatic heterocycles. The van der Waals surface area contributed by atoms with Crippen LogP contribution < -0.4 is 14.8 Å². The fourth-order valence-electron chi connectivity index (χ4n) is 3.73. The van der Waals surface area contributed by atoms with E-state index >= 15 is 0 Å². The number of aryl methyl sites for hydroxylation is 2. The average Bonchev–Trinajstić information content (AvgIpc) is 3.18. The maximum absolute atomic E-state index is 12.7. The molecule has 0 saturated heterocycles. The standard InChI is InChI=1S/C23H25N3O3/c1-28-20-11-10-16(13-21(20)29-2)14-23(27)25-18-8-4-3-7-17(18)19-15-26-12-6-5-9-22(26)24-19/h3-4,7-8,10-11,13,15H,5-6,9,12,14H2,1-2H3,(H,25,27). The number of nitrogens with one attached hydrogen (secondary N) is 1. The first-order chi connectivity index (χ1) is 14.2. The normalized spacial score (nSPS) is 12.9. The van der Waals surface area contributed by atoms with E-state index in [-0.39, 0.29) is 12.3 Å². The molecule has 0 fully saturated rings. The van der Waals surface area contributed by atoms with Crippen LogP contribution >= 0.6 is 0 Å². The van der Waals surface area contributed by atoms with Crippen LogP contribution in [0.3, 0.4) is 0 Å². The van der Waals surface area contributed by atoms with Crippen molar-refractivity contribution in [1.29, 1.82) is 0 Å². The summed E-state index contributed by atoms with van der Waals surface area (Å²) in [6.45, 7) is 1.01. The first-order valence-electron chi connectivity index (χ1n) is 9.84. The second kappa shape index (κ2) is 8.39. The van der Waals surface area contributed by atoms with Gasteiger partial charge in [-0.25, -0.2) is 4.98 Å². The van der Waals surface area contributed by atoms with Crippen LogP contribution in [0.4, 0.5) is 5.69 Å². The first kappa shape index (κ1) is 19.1. The molecule has 0 saturated carbocycles. The molecule has 4 rings (SSSR count). The number of hydrogen-bond acceptors (Lipinski definition) is 4. The number of imidazole rings is 1. The van der Waals surface area contributed by atoms with Gasteiger partial charge in [-0.1, -0.05) is 24.3 Å². The minimum Gasteiger partial charge on any atom is -0.493 e. The van der Waals surface area contributed by atoms with E-state index in [1.807, 2.05) is 42.5 Å². The number of benzene rings is 2. The zero-order valence-corrected chi connectivity index (χ0v) is 16.8. The lowest BCUT2D eigenvalue weighted by molar-refractivity contribution is -0.115. The number of carbonyl (C=O) groups is 1. The van der Waals surface area contributed by atoms with Crippen molar-refractivity contribution in [3.63, 3.8) is 0 Å². The Hall–Kier alpha value is -3.28. The fourth-order valence-corrected chi connectivity index (χ4v) is 3.73. The van der Waals surface area contributed by atoms with Gasteiger partial charge in [-0.05, 0) is 36.6 Å². The summed E-state index contributed by atoms with van der Waals surface area (Å²) >= 11 is 0. The summed E-state index contributed by atoms with van der Waals surface area (Å²) in [5, 5.41) is 3.04. The molecular weight excluding hydrogens is 366 g/mol. The number of anilines is 1. The smallest absolute Gasteiger partial charge is 0.228 e. The van der Waals surface area contributed by atoms with Crippen molar-refractivity contribution in [1.82, 2.24) is 9.55 Å². The van der Waals surface area contributed by atoms with E-state index in [1.165, 1.54) is 12.8 Å². The molecule has 0 atom stereocenters. The molecule has 1 aromatic heterocycles. The highest BCUT2D eigenvalue weighted by molar-refractivity contribution is 5.96. The lowest BCUT2D eigenvalue weighted by atomic mass is 10.1. The predicted octanol–water partition coefficient (Wildman–Crippen LogP) is 4.08. The molecule has 1 N–H and O–H groups in total. The predicted molar refractivity (Wildman–Crippen MR) is 112 cm³/mol. The van der Waals surface area contributed by atoms with Crippen molar-refractivity contribution in [3.8, 4) is 22.8 Å². The van der Waals surface area contributed by atoms with Crippen molar-refractivity contribution in [3.05, 3.63) is 60.0 Å². The van der Waals surface area contributed by atoms with Crippen LogP contribution in [-0.4, -0.2) is 29.7 Å². The third kappa shape index (κ3) is 4.11.